The van der Waals surface area contributed by atoms with E-state index in [4.69, 9.17) is 5.26 Å². The van der Waals surface area contributed by atoms with E-state index < -0.39 is 24.5 Å². The Bertz CT molecular complexity index is 451. The van der Waals surface area contributed by atoms with Crippen LogP contribution >= 0.6 is 0 Å². The Morgan fingerprint density at radius 3 is 2.59 bits per heavy atom. The lowest BCUT2D eigenvalue weighted by Gasteiger charge is -2.15. The maximum Gasteiger partial charge on any atom is 0.573 e. The van der Waals surface area contributed by atoms with Crippen LogP contribution in [0.5, 0.6) is 5.75 Å². The minimum atomic E-state index is -4.92. The van der Waals surface area contributed by atoms with Crippen molar-refractivity contribution in [3.63, 3.8) is 0 Å². The van der Waals surface area contributed by atoms with E-state index in [-0.39, 0.29) is 17.5 Å². The van der Waals surface area contributed by atoms with Crippen LogP contribution in [0, 0.1) is 18.3 Å². The van der Waals surface area contributed by atoms with Crippen LogP contribution in [-0.4, -0.2) is 11.3 Å². The highest BCUT2D eigenvalue weighted by Gasteiger charge is 2.33. The molecule has 0 spiro atoms. The van der Waals surface area contributed by atoms with Gasteiger partial charge in [0, 0.05) is 6.20 Å². The lowest BCUT2D eigenvalue weighted by atomic mass is 10.1. The van der Waals surface area contributed by atoms with Crippen LogP contribution in [0.3, 0.4) is 0 Å². The number of halogens is 4. The van der Waals surface area contributed by atoms with Crippen molar-refractivity contribution in [1.82, 2.24) is 4.98 Å². The molecule has 0 saturated carbocycles. The standard InChI is InChI=1S/C10H8F4N2O/c1-6-7(2-3-15)5-16-8(4-11)9(6)17-10(12,13)14/h5H,2,4H2,1H3. The minimum Gasteiger partial charge on any atom is -0.403 e. The molecule has 0 aliphatic carbocycles. The molecule has 0 bridgehead atoms. The van der Waals surface area contributed by atoms with Gasteiger partial charge in [-0.15, -0.1) is 13.2 Å². The van der Waals surface area contributed by atoms with Crippen LogP contribution in [0.1, 0.15) is 16.8 Å². The van der Waals surface area contributed by atoms with Crippen LogP contribution in [-0.2, 0) is 13.1 Å². The van der Waals surface area contributed by atoms with Gasteiger partial charge in [-0.2, -0.15) is 5.26 Å². The first kappa shape index (κ1) is 13.2. The second-order valence-electron chi connectivity index (χ2n) is 3.20. The Morgan fingerprint density at radius 1 is 1.47 bits per heavy atom. The molecule has 92 valence electrons. The topological polar surface area (TPSA) is 45.9 Å². The number of nitrogens with zero attached hydrogens (tertiary/aromatic N) is 2. The molecule has 0 aliphatic heterocycles. The van der Waals surface area contributed by atoms with Crippen molar-refractivity contribution < 1.29 is 22.3 Å². The highest BCUT2D eigenvalue weighted by molar-refractivity contribution is 5.42. The smallest absolute Gasteiger partial charge is 0.403 e. The molecule has 1 heterocycles. The van der Waals surface area contributed by atoms with Crippen LogP contribution in [0.2, 0.25) is 0 Å². The number of rotatable bonds is 3. The second kappa shape index (κ2) is 4.99. The minimum absolute atomic E-state index is 0.0755. The first-order chi connectivity index (χ1) is 7.89. The fourth-order valence-electron chi connectivity index (χ4n) is 1.28. The van der Waals surface area contributed by atoms with E-state index in [0.29, 0.717) is 0 Å². The number of aromatic nitrogens is 1. The molecule has 7 heteroatoms. The maximum absolute atomic E-state index is 12.5. The molecule has 0 fully saturated rings. The Labute approximate surface area is 94.6 Å². The molecule has 1 aromatic rings. The Kier molecular flexibility index (Phi) is 3.89. The summed E-state index contributed by atoms with van der Waals surface area (Å²) in [5.74, 6) is -0.659. The highest BCUT2D eigenvalue weighted by atomic mass is 19.4. The van der Waals surface area contributed by atoms with Gasteiger partial charge in [0.25, 0.3) is 0 Å². The van der Waals surface area contributed by atoms with Crippen molar-refractivity contribution in [1.29, 1.82) is 5.26 Å². The summed E-state index contributed by atoms with van der Waals surface area (Å²) in [6.07, 6.45) is -3.85. The van der Waals surface area contributed by atoms with Gasteiger partial charge in [-0.25, -0.2) is 4.39 Å². The quantitative estimate of drug-likeness (QED) is 0.772. The first-order valence-corrected chi connectivity index (χ1v) is 4.55. The van der Waals surface area contributed by atoms with Gasteiger partial charge in [-0.1, -0.05) is 0 Å². The zero-order valence-electron chi connectivity index (χ0n) is 8.81. The molecule has 1 rings (SSSR count). The lowest BCUT2D eigenvalue weighted by Crippen LogP contribution is -2.19. The van der Waals surface area contributed by atoms with Crippen LogP contribution in [0.4, 0.5) is 17.6 Å². The van der Waals surface area contributed by atoms with Crippen molar-refractivity contribution >= 4 is 0 Å². The van der Waals surface area contributed by atoms with Crippen LogP contribution in [0.15, 0.2) is 6.20 Å². The molecule has 0 unspecified atom stereocenters. The average molecular weight is 248 g/mol. The number of hydrogen-bond donors (Lipinski definition) is 0. The summed E-state index contributed by atoms with van der Waals surface area (Å²) < 4.78 is 52.6. The fraction of sp³-hybridized carbons (Fsp3) is 0.400. The molecule has 0 amide bonds. The van der Waals surface area contributed by atoms with Gasteiger partial charge in [0.1, 0.15) is 12.4 Å². The van der Waals surface area contributed by atoms with Crippen molar-refractivity contribution in [3.05, 3.63) is 23.0 Å². The van der Waals surface area contributed by atoms with Gasteiger partial charge in [0.2, 0.25) is 0 Å². The van der Waals surface area contributed by atoms with Gasteiger partial charge in [-0.05, 0) is 18.1 Å². The zero-order valence-corrected chi connectivity index (χ0v) is 8.81. The summed E-state index contributed by atoms with van der Waals surface area (Å²) >= 11 is 0. The van der Waals surface area contributed by atoms with Crippen molar-refractivity contribution in [2.24, 2.45) is 0 Å². The zero-order chi connectivity index (χ0) is 13.1. The molecule has 3 nitrogen and oxygen atoms in total. The summed E-state index contributed by atoms with van der Waals surface area (Å²) in [4.78, 5) is 3.51. The highest BCUT2D eigenvalue weighted by Crippen LogP contribution is 2.31. The molecular weight excluding hydrogens is 240 g/mol. The molecule has 0 atom stereocenters. The summed E-state index contributed by atoms with van der Waals surface area (Å²) in [7, 11) is 0. The summed E-state index contributed by atoms with van der Waals surface area (Å²) in [5.41, 5.74) is -0.0722. The average Bonchev–Trinajstić information content (AvgIpc) is 2.23. The lowest BCUT2D eigenvalue weighted by molar-refractivity contribution is -0.275. The summed E-state index contributed by atoms with van der Waals surface area (Å²) in [5, 5.41) is 8.48. The third-order valence-corrected chi connectivity index (χ3v) is 2.07. The molecule has 0 aromatic carbocycles. The normalized spacial score (nSPS) is 11.1. The predicted octanol–water partition coefficient (Wildman–Crippen LogP) is 2.82. The van der Waals surface area contributed by atoms with Gasteiger partial charge in [0.15, 0.2) is 5.75 Å². The molecule has 0 saturated heterocycles. The van der Waals surface area contributed by atoms with Crippen molar-refractivity contribution in [2.45, 2.75) is 26.4 Å². The van der Waals surface area contributed by atoms with Crippen molar-refractivity contribution in [2.75, 3.05) is 0 Å². The molecule has 1 aromatic heterocycles. The number of alkyl halides is 4. The Morgan fingerprint density at radius 2 is 2.12 bits per heavy atom. The maximum atomic E-state index is 12.5. The molecule has 0 N–H and O–H groups in total. The first-order valence-electron chi connectivity index (χ1n) is 4.55. The monoisotopic (exact) mass is 248 g/mol. The summed E-state index contributed by atoms with van der Waals surface area (Å²) in [6.45, 7) is 0.160. The van der Waals surface area contributed by atoms with Gasteiger partial charge in [-0.3, -0.25) is 4.98 Å². The largest absolute Gasteiger partial charge is 0.573 e. The Balaban J connectivity index is 3.23. The number of hydrogen-bond acceptors (Lipinski definition) is 3. The predicted molar refractivity (Wildman–Crippen MR) is 49.8 cm³/mol. The molecule has 17 heavy (non-hydrogen) atoms. The third kappa shape index (κ3) is 3.31. The van der Waals surface area contributed by atoms with E-state index in [2.05, 4.69) is 9.72 Å². The van der Waals surface area contributed by atoms with E-state index in [1.54, 1.807) is 6.07 Å². The van der Waals surface area contributed by atoms with E-state index in [1.165, 1.54) is 13.1 Å². The van der Waals surface area contributed by atoms with Crippen LogP contribution in [0.25, 0.3) is 0 Å². The van der Waals surface area contributed by atoms with Gasteiger partial charge < -0.3 is 4.74 Å². The van der Waals surface area contributed by atoms with E-state index in [0.717, 1.165) is 0 Å². The van der Waals surface area contributed by atoms with Gasteiger partial charge in [0.05, 0.1) is 12.5 Å². The van der Waals surface area contributed by atoms with E-state index in [9.17, 15) is 17.6 Å². The Hall–Kier alpha value is -1.84. The number of pyridine rings is 1. The second-order valence-corrected chi connectivity index (χ2v) is 3.20. The molecular formula is C10H8F4N2O. The molecule has 0 aliphatic rings. The summed E-state index contributed by atoms with van der Waals surface area (Å²) in [6, 6.07) is 1.78. The number of nitriles is 1. The van der Waals surface area contributed by atoms with E-state index >= 15 is 0 Å². The molecule has 0 radical (unpaired) electrons. The van der Waals surface area contributed by atoms with Crippen LogP contribution < -0.4 is 4.74 Å². The van der Waals surface area contributed by atoms with Crippen molar-refractivity contribution in [3.8, 4) is 11.8 Å². The van der Waals surface area contributed by atoms with E-state index in [1.807, 2.05) is 0 Å². The van der Waals surface area contributed by atoms with Gasteiger partial charge >= 0.3 is 6.36 Å². The third-order valence-electron chi connectivity index (χ3n) is 2.07. The SMILES string of the molecule is Cc1c(CC#N)cnc(CF)c1OC(F)(F)F. The number of ether oxygens (including phenoxy) is 1. The fourth-order valence-corrected chi connectivity index (χ4v) is 1.28.